The second-order valence-corrected chi connectivity index (χ2v) is 11.6. The third-order valence-electron chi connectivity index (χ3n) is 9.74. The molecule has 2 saturated carbocycles. The Morgan fingerprint density at radius 1 is 1.16 bits per heavy atom. The molecule has 2 fully saturated rings. The lowest BCUT2D eigenvalue weighted by Gasteiger charge is -2.64. The normalized spacial score (nSPS) is 41.0. The van der Waals surface area contributed by atoms with E-state index >= 15 is 0 Å². The molecule has 2 aromatic rings. The van der Waals surface area contributed by atoms with E-state index in [9.17, 15) is 15.0 Å². The predicted octanol–water partition coefficient (Wildman–Crippen LogP) is 3.96. The van der Waals surface area contributed by atoms with Gasteiger partial charge < -0.3 is 19.9 Å². The van der Waals surface area contributed by atoms with Gasteiger partial charge in [-0.15, -0.1) is 0 Å². The molecule has 1 aromatic carbocycles. The molecule has 6 rings (SSSR count). The second-order valence-electron chi connectivity index (χ2n) is 11.6. The molecule has 0 radical (unpaired) electrons. The number of rotatable bonds is 1. The number of ketones is 1. The van der Waals surface area contributed by atoms with Crippen LogP contribution in [0.1, 0.15) is 64.6 Å². The summed E-state index contributed by atoms with van der Waals surface area (Å²) in [6.07, 6.45) is 4.51. The van der Waals surface area contributed by atoms with Crippen LogP contribution in [0, 0.1) is 11.3 Å². The van der Waals surface area contributed by atoms with Gasteiger partial charge in [0, 0.05) is 27.4 Å². The molecule has 2 heterocycles. The molecule has 1 aliphatic heterocycles. The van der Waals surface area contributed by atoms with E-state index in [0.29, 0.717) is 12.3 Å². The molecular formula is C27H33NO4. The molecule has 3 N–H and O–H groups in total. The molecule has 4 aliphatic rings. The van der Waals surface area contributed by atoms with Gasteiger partial charge in [0.2, 0.25) is 0 Å². The Labute approximate surface area is 188 Å². The van der Waals surface area contributed by atoms with Crippen molar-refractivity contribution in [3.63, 3.8) is 0 Å². The third kappa shape index (κ3) is 2.27. The van der Waals surface area contributed by atoms with Gasteiger partial charge in [0.1, 0.15) is 6.10 Å². The summed E-state index contributed by atoms with van der Waals surface area (Å²) < 4.78 is 6.15. The monoisotopic (exact) mass is 435 g/mol. The van der Waals surface area contributed by atoms with E-state index < -0.39 is 22.7 Å². The second kappa shape index (κ2) is 6.13. The number of hydrogen-bond donors (Lipinski definition) is 3. The van der Waals surface area contributed by atoms with Crippen molar-refractivity contribution in [3.05, 3.63) is 47.2 Å². The van der Waals surface area contributed by atoms with Gasteiger partial charge in [0.05, 0.1) is 17.3 Å². The SMILES string of the molecule is CC(C)(O)[C@H]1O[C@H]2CC[C@@]3(C)[C@@](O)(CC[C@H]4Cc5c([nH]c6ccccc56)[C@@]43C)C2=CC1=O. The summed E-state index contributed by atoms with van der Waals surface area (Å²) in [4.78, 5) is 16.7. The predicted molar refractivity (Wildman–Crippen MR) is 122 cm³/mol. The van der Waals surface area contributed by atoms with Crippen molar-refractivity contribution in [3.8, 4) is 0 Å². The number of carbonyl (C=O) groups excluding carboxylic acids is 1. The number of H-pyrrole nitrogens is 1. The minimum Gasteiger partial charge on any atom is -0.387 e. The van der Waals surface area contributed by atoms with Crippen molar-refractivity contribution in [2.24, 2.45) is 11.3 Å². The van der Waals surface area contributed by atoms with E-state index in [1.807, 2.05) is 0 Å². The summed E-state index contributed by atoms with van der Waals surface area (Å²) >= 11 is 0. The Hall–Kier alpha value is -1.95. The van der Waals surface area contributed by atoms with Crippen LogP contribution < -0.4 is 0 Å². The first-order valence-corrected chi connectivity index (χ1v) is 12.0. The van der Waals surface area contributed by atoms with Gasteiger partial charge in [-0.1, -0.05) is 32.0 Å². The number of aromatic amines is 1. The van der Waals surface area contributed by atoms with Gasteiger partial charge in [-0.05, 0) is 75.1 Å². The first-order valence-electron chi connectivity index (χ1n) is 12.0. The number of benzene rings is 1. The van der Waals surface area contributed by atoms with Crippen LogP contribution in [0.4, 0.5) is 0 Å². The highest BCUT2D eigenvalue weighted by Crippen LogP contribution is 2.69. The summed E-state index contributed by atoms with van der Waals surface area (Å²) in [6.45, 7) is 7.77. The van der Waals surface area contributed by atoms with E-state index in [0.717, 1.165) is 36.8 Å². The van der Waals surface area contributed by atoms with Crippen LogP contribution in [0.3, 0.4) is 0 Å². The maximum atomic E-state index is 13.0. The molecule has 32 heavy (non-hydrogen) atoms. The van der Waals surface area contributed by atoms with E-state index in [1.165, 1.54) is 16.6 Å². The van der Waals surface area contributed by atoms with Crippen molar-refractivity contribution >= 4 is 16.7 Å². The number of fused-ring (bicyclic) bond motifs is 9. The zero-order valence-electron chi connectivity index (χ0n) is 19.4. The molecule has 3 aliphatic carbocycles. The molecule has 0 amide bonds. The van der Waals surface area contributed by atoms with Crippen LogP contribution in [0.2, 0.25) is 0 Å². The molecular weight excluding hydrogens is 402 g/mol. The Morgan fingerprint density at radius 3 is 2.66 bits per heavy atom. The van der Waals surface area contributed by atoms with Gasteiger partial charge >= 0.3 is 0 Å². The fraction of sp³-hybridized carbons (Fsp3) is 0.593. The van der Waals surface area contributed by atoms with Gasteiger partial charge in [0.15, 0.2) is 5.78 Å². The van der Waals surface area contributed by atoms with Gasteiger partial charge in [-0.25, -0.2) is 0 Å². The summed E-state index contributed by atoms with van der Waals surface area (Å²) in [6, 6.07) is 8.49. The number of para-hydroxylation sites is 1. The standard InChI is InChI=1S/C27H33NO4/c1-24(2,30)23-20(29)14-18-21(32-23)10-11-25(3)26(4)15(9-12-27(18,25)31)13-17-16-7-5-6-8-19(16)28-22(17)26/h5-8,14-15,21,23,28,30-31H,9-13H2,1-4H3/t15-,21-,23-,25+,26+,27+/m0/s1. The zero-order valence-corrected chi connectivity index (χ0v) is 19.4. The van der Waals surface area contributed by atoms with Crippen LogP contribution in [0.5, 0.6) is 0 Å². The Kier molecular flexibility index (Phi) is 3.96. The van der Waals surface area contributed by atoms with Crippen LogP contribution in [0.15, 0.2) is 35.9 Å². The summed E-state index contributed by atoms with van der Waals surface area (Å²) in [7, 11) is 0. The van der Waals surface area contributed by atoms with E-state index in [2.05, 4.69) is 43.1 Å². The first kappa shape index (κ1) is 20.6. The molecule has 0 unspecified atom stereocenters. The fourth-order valence-corrected chi connectivity index (χ4v) is 7.82. The van der Waals surface area contributed by atoms with E-state index in [4.69, 9.17) is 4.74 Å². The van der Waals surface area contributed by atoms with Crippen LogP contribution >= 0.6 is 0 Å². The molecule has 1 aromatic heterocycles. The molecule has 0 saturated heterocycles. The van der Waals surface area contributed by atoms with Crippen LogP contribution in [-0.2, 0) is 21.4 Å². The highest BCUT2D eigenvalue weighted by atomic mass is 16.5. The Bertz CT molecular complexity index is 1170. The van der Waals surface area contributed by atoms with Crippen LogP contribution in [-0.4, -0.2) is 44.4 Å². The van der Waals surface area contributed by atoms with Crippen LogP contribution in [0.25, 0.3) is 10.9 Å². The maximum Gasteiger partial charge on any atom is 0.187 e. The first-order chi connectivity index (χ1) is 15.0. The minimum absolute atomic E-state index is 0.226. The molecule has 0 bridgehead atoms. The average Bonchev–Trinajstić information content (AvgIpc) is 3.24. The Balaban J connectivity index is 1.50. The van der Waals surface area contributed by atoms with E-state index in [-0.39, 0.29) is 17.3 Å². The smallest absolute Gasteiger partial charge is 0.187 e. The largest absolute Gasteiger partial charge is 0.387 e. The quantitative estimate of drug-likeness (QED) is 0.633. The third-order valence-corrected chi connectivity index (χ3v) is 9.74. The van der Waals surface area contributed by atoms with Gasteiger partial charge in [-0.2, -0.15) is 0 Å². The van der Waals surface area contributed by atoms with E-state index in [1.54, 1.807) is 19.9 Å². The number of aliphatic hydroxyl groups is 2. The minimum atomic E-state index is -1.25. The highest BCUT2D eigenvalue weighted by molar-refractivity contribution is 5.96. The zero-order chi connectivity index (χ0) is 22.7. The lowest BCUT2D eigenvalue weighted by molar-refractivity contribution is -0.195. The molecule has 5 heteroatoms. The fourth-order valence-electron chi connectivity index (χ4n) is 7.82. The summed E-state index contributed by atoms with van der Waals surface area (Å²) in [5.41, 5.74) is 1.53. The van der Waals surface area contributed by atoms with Crippen molar-refractivity contribution in [2.75, 3.05) is 0 Å². The summed E-state index contributed by atoms with van der Waals surface area (Å²) in [5.74, 6) is 0.214. The Morgan fingerprint density at radius 2 is 1.91 bits per heavy atom. The lowest BCUT2D eigenvalue weighted by Crippen LogP contribution is -2.68. The average molecular weight is 436 g/mol. The van der Waals surface area contributed by atoms with Crippen molar-refractivity contribution in [2.45, 2.75) is 88.6 Å². The number of ether oxygens (including phenoxy) is 1. The van der Waals surface area contributed by atoms with Crippen molar-refractivity contribution in [1.82, 2.24) is 4.98 Å². The number of hydrogen-bond acceptors (Lipinski definition) is 4. The lowest BCUT2D eigenvalue weighted by atomic mass is 9.42. The molecule has 0 spiro atoms. The van der Waals surface area contributed by atoms with Gasteiger partial charge in [-0.3, -0.25) is 4.79 Å². The maximum absolute atomic E-state index is 13.0. The molecule has 6 atom stereocenters. The molecule has 5 nitrogen and oxygen atoms in total. The van der Waals surface area contributed by atoms with Crippen molar-refractivity contribution in [1.29, 1.82) is 0 Å². The molecule has 170 valence electrons. The number of aromatic nitrogens is 1. The number of nitrogens with one attached hydrogen (secondary N) is 1. The van der Waals surface area contributed by atoms with Crippen molar-refractivity contribution < 1.29 is 19.7 Å². The highest BCUT2D eigenvalue weighted by Gasteiger charge is 2.70. The summed E-state index contributed by atoms with van der Waals surface area (Å²) in [5, 5.41) is 24.1. The number of carbonyl (C=O) groups is 1. The topological polar surface area (TPSA) is 82.5 Å². The van der Waals surface area contributed by atoms with Gasteiger partial charge in [0.25, 0.3) is 0 Å².